The summed E-state index contributed by atoms with van der Waals surface area (Å²) >= 11 is 2.77. The number of thioether (sulfide) groups is 1. The summed E-state index contributed by atoms with van der Waals surface area (Å²) in [7, 11) is 3.10. The summed E-state index contributed by atoms with van der Waals surface area (Å²) in [6, 6.07) is 10.9. The minimum atomic E-state index is -0.412. The van der Waals surface area contributed by atoms with Crippen molar-refractivity contribution in [3.8, 4) is 11.5 Å². The number of aromatic nitrogens is 1. The van der Waals surface area contributed by atoms with Crippen molar-refractivity contribution in [2.75, 3.05) is 27.1 Å². The molecule has 1 aromatic heterocycles. The Hall–Kier alpha value is -2.78. The average Bonchev–Trinajstić information content (AvgIpc) is 3.08. The normalized spacial score (nSPS) is 11.5. The highest BCUT2D eigenvalue weighted by molar-refractivity contribution is 7.98. The Morgan fingerprint density at radius 2 is 1.83 bits per heavy atom. The van der Waals surface area contributed by atoms with Crippen LogP contribution in [0.3, 0.4) is 0 Å². The predicted octanol–water partition coefficient (Wildman–Crippen LogP) is 3.75. The molecule has 0 unspecified atom stereocenters. The van der Waals surface area contributed by atoms with Gasteiger partial charge in [0.1, 0.15) is 6.54 Å². The molecule has 0 radical (unpaired) electrons. The monoisotopic (exact) mass is 446 g/mol. The molecule has 0 aliphatic rings. The third kappa shape index (κ3) is 4.52. The molecule has 1 amide bonds. The van der Waals surface area contributed by atoms with Crippen LogP contribution >= 0.6 is 23.1 Å². The van der Waals surface area contributed by atoms with Gasteiger partial charge in [-0.1, -0.05) is 23.5 Å². The first-order valence-corrected chi connectivity index (χ1v) is 11.2. The zero-order valence-electron chi connectivity index (χ0n) is 17.1. The quantitative estimate of drug-likeness (QED) is 0.406. The summed E-state index contributed by atoms with van der Waals surface area (Å²) in [5.74, 6) is 0.291. The summed E-state index contributed by atoms with van der Waals surface area (Å²) in [6.45, 7) is 1.95. The third-order valence-corrected chi connectivity index (χ3v) is 6.15. The van der Waals surface area contributed by atoms with E-state index in [9.17, 15) is 9.59 Å². The number of nitrogens with zero attached hydrogens (tertiary/aromatic N) is 2. The van der Waals surface area contributed by atoms with Crippen LogP contribution in [0, 0.1) is 0 Å². The Balaban J connectivity index is 2.19. The molecule has 30 heavy (non-hydrogen) atoms. The maximum atomic E-state index is 12.9. The number of carbonyl (C=O) groups is 2. The molecule has 0 bridgehead atoms. The van der Waals surface area contributed by atoms with E-state index in [4.69, 9.17) is 14.2 Å². The molecule has 0 saturated carbocycles. The molecule has 0 aliphatic heterocycles. The number of esters is 1. The van der Waals surface area contributed by atoms with Gasteiger partial charge in [0.2, 0.25) is 0 Å². The standard InChI is InChI=1S/C21H22N2O5S2/c1-5-28-19(24)12-23-14-10-15(26-2)16(27-3)11-18(14)30-21(23)22-20(25)13-8-6-7-9-17(13)29-4/h6-11H,5,12H2,1-4H3. The van der Waals surface area contributed by atoms with Gasteiger partial charge in [0, 0.05) is 17.0 Å². The minimum Gasteiger partial charge on any atom is -0.493 e. The fraction of sp³-hybridized carbons (Fsp3) is 0.286. The molecule has 7 nitrogen and oxygen atoms in total. The number of hydrogen-bond acceptors (Lipinski definition) is 7. The van der Waals surface area contributed by atoms with Gasteiger partial charge in [-0.25, -0.2) is 0 Å². The van der Waals surface area contributed by atoms with Crippen LogP contribution < -0.4 is 14.3 Å². The zero-order chi connectivity index (χ0) is 21.7. The first-order chi connectivity index (χ1) is 14.5. The molecule has 9 heteroatoms. The van der Waals surface area contributed by atoms with E-state index in [1.54, 1.807) is 50.0 Å². The molecule has 3 aromatic rings. The lowest BCUT2D eigenvalue weighted by Gasteiger charge is -2.09. The fourth-order valence-electron chi connectivity index (χ4n) is 2.94. The van der Waals surface area contributed by atoms with Crippen molar-refractivity contribution < 1.29 is 23.8 Å². The molecule has 1 heterocycles. The first-order valence-electron chi connectivity index (χ1n) is 9.15. The largest absolute Gasteiger partial charge is 0.493 e. The van der Waals surface area contributed by atoms with Gasteiger partial charge in [-0.15, -0.1) is 11.8 Å². The van der Waals surface area contributed by atoms with Crippen molar-refractivity contribution in [2.24, 2.45) is 4.99 Å². The number of thiazole rings is 1. The summed E-state index contributed by atoms with van der Waals surface area (Å²) in [6.07, 6.45) is 1.91. The Morgan fingerprint density at radius 3 is 2.50 bits per heavy atom. The van der Waals surface area contributed by atoms with E-state index < -0.39 is 5.97 Å². The van der Waals surface area contributed by atoms with Crippen LogP contribution in [0.25, 0.3) is 10.2 Å². The second-order valence-electron chi connectivity index (χ2n) is 6.07. The van der Waals surface area contributed by atoms with Crippen molar-refractivity contribution in [1.29, 1.82) is 0 Å². The highest BCUT2D eigenvalue weighted by Gasteiger charge is 2.17. The van der Waals surface area contributed by atoms with Gasteiger partial charge >= 0.3 is 5.97 Å². The van der Waals surface area contributed by atoms with Crippen molar-refractivity contribution >= 4 is 45.2 Å². The molecule has 0 fully saturated rings. The minimum absolute atomic E-state index is 0.0698. The Labute approximate surface area is 182 Å². The molecular formula is C21H22N2O5S2. The van der Waals surface area contributed by atoms with Gasteiger partial charge in [0.05, 0.1) is 36.6 Å². The lowest BCUT2D eigenvalue weighted by molar-refractivity contribution is -0.143. The van der Waals surface area contributed by atoms with Gasteiger partial charge in [-0.05, 0) is 25.3 Å². The highest BCUT2D eigenvalue weighted by atomic mass is 32.2. The average molecular weight is 447 g/mol. The second kappa shape index (κ2) is 9.82. The number of rotatable bonds is 7. The van der Waals surface area contributed by atoms with E-state index in [1.807, 2.05) is 18.4 Å². The third-order valence-electron chi connectivity index (χ3n) is 4.32. The number of ether oxygens (including phenoxy) is 3. The number of carbonyl (C=O) groups excluding carboxylic acids is 2. The van der Waals surface area contributed by atoms with E-state index in [1.165, 1.54) is 23.1 Å². The highest BCUT2D eigenvalue weighted by Crippen LogP contribution is 2.33. The summed E-state index contributed by atoms with van der Waals surface area (Å²) in [5, 5.41) is 0. The Bertz CT molecular complexity index is 1150. The van der Waals surface area contributed by atoms with Gasteiger partial charge in [0.25, 0.3) is 5.91 Å². The molecular weight excluding hydrogens is 424 g/mol. The molecule has 0 aliphatic carbocycles. The first kappa shape index (κ1) is 21.9. The number of benzene rings is 2. The summed E-state index contributed by atoms with van der Waals surface area (Å²) < 4.78 is 18.3. The molecule has 158 valence electrons. The lowest BCUT2D eigenvalue weighted by atomic mass is 10.2. The van der Waals surface area contributed by atoms with E-state index in [0.717, 1.165) is 9.60 Å². The van der Waals surface area contributed by atoms with E-state index in [0.29, 0.717) is 27.4 Å². The molecule has 2 aromatic carbocycles. The maximum Gasteiger partial charge on any atom is 0.326 e. The van der Waals surface area contributed by atoms with Crippen LogP contribution in [0.5, 0.6) is 11.5 Å². The van der Waals surface area contributed by atoms with Gasteiger partial charge in [0.15, 0.2) is 16.3 Å². The van der Waals surface area contributed by atoms with E-state index in [2.05, 4.69) is 4.99 Å². The van der Waals surface area contributed by atoms with Crippen LogP contribution in [0.2, 0.25) is 0 Å². The number of amides is 1. The molecule has 0 saturated heterocycles. The van der Waals surface area contributed by atoms with Crippen molar-refractivity contribution in [1.82, 2.24) is 4.57 Å². The summed E-state index contributed by atoms with van der Waals surface area (Å²) in [5.41, 5.74) is 1.22. The number of hydrogen-bond donors (Lipinski definition) is 0. The smallest absolute Gasteiger partial charge is 0.326 e. The topological polar surface area (TPSA) is 79.1 Å². The van der Waals surface area contributed by atoms with Crippen LogP contribution in [0.15, 0.2) is 46.3 Å². The van der Waals surface area contributed by atoms with Crippen molar-refractivity contribution in [2.45, 2.75) is 18.4 Å². The molecule has 0 spiro atoms. The van der Waals surface area contributed by atoms with Crippen LogP contribution in [0.1, 0.15) is 17.3 Å². The second-order valence-corrected chi connectivity index (χ2v) is 7.93. The number of methoxy groups -OCH3 is 2. The molecule has 0 N–H and O–H groups in total. The lowest BCUT2D eigenvalue weighted by Crippen LogP contribution is -2.23. The van der Waals surface area contributed by atoms with Gasteiger partial charge in [-0.3, -0.25) is 9.59 Å². The van der Waals surface area contributed by atoms with Gasteiger partial charge in [-0.2, -0.15) is 4.99 Å². The van der Waals surface area contributed by atoms with Crippen LogP contribution in [-0.4, -0.2) is 43.5 Å². The van der Waals surface area contributed by atoms with Crippen molar-refractivity contribution in [3.05, 3.63) is 46.8 Å². The molecule has 3 rings (SSSR count). The van der Waals surface area contributed by atoms with Crippen molar-refractivity contribution in [3.63, 3.8) is 0 Å². The Kier molecular flexibility index (Phi) is 7.17. The fourth-order valence-corrected chi connectivity index (χ4v) is 4.57. The maximum absolute atomic E-state index is 12.9. The SMILES string of the molecule is CCOC(=O)Cn1c(=NC(=O)c2ccccc2SC)sc2cc(OC)c(OC)cc21. The number of fused-ring (bicyclic) bond motifs is 1. The molecule has 0 atom stereocenters. The Morgan fingerprint density at radius 1 is 1.13 bits per heavy atom. The van der Waals surface area contributed by atoms with Gasteiger partial charge < -0.3 is 18.8 Å². The van der Waals surface area contributed by atoms with Crippen LogP contribution in [0.4, 0.5) is 0 Å². The van der Waals surface area contributed by atoms with E-state index >= 15 is 0 Å². The summed E-state index contributed by atoms with van der Waals surface area (Å²) in [4.78, 5) is 30.7. The predicted molar refractivity (Wildman–Crippen MR) is 118 cm³/mol. The zero-order valence-corrected chi connectivity index (χ0v) is 18.8. The van der Waals surface area contributed by atoms with Crippen LogP contribution in [-0.2, 0) is 16.1 Å². The van der Waals surface area contributed by atoms with E-state index in [-0.39, 0.29) is 19.1 Å².